The number of anilines is 1. The Morgan fingerprint density at radius 1 is 1.47 bits per heavy atom. The molecule has 1 aromatic carbocycles. The van der Waals surface area contributed by atoms with Crippen LogP contribution in [-0.4, -0.2) is 36.2 Å². The van der Waals surface area contributed by atoms with Gasteiger partial charge in [0.15, 0.2) is 0 Å². The van der Waals surface area contributed by atoms with Crippen molar-refractivity contribution >= 4 is 11.7 Å². The molecule has 0 saturated carbocycles. The van der Waals surface area contributed by atoms with Crippen LogP contribution in [0.25, 0.3) is 0 Å². The molecule has 1 heterocycles. The van der Waals surface area contributed by atoms with Gasteiger partial charge in [-0.25, -0.2) is 0 Å². The molecule has 2 rings (SSSR count). The van der Waals surface area contributed by atoms with E-state index < -0.39 is 5.97 Å². The summed E-state index contributed by atoms with van der Waals surface area (Å²) in [5.41, 5.74) is 3.61. The molecular formula is C15H22N2O2. The van der Waals surface area contributed by atoms with Gasteiger partial charge in [0.25, 0.3) is 0 Å². The molecule has 0 radical (unpaired) electrons. The average molecular weight is 262 g/mol. The van der Waals surface area contributed by atoms with Crippen molar-refractivity contribution in [3.8, 4) is 0 Å². The fraction of sp³-hybridized carbons (Fsp3) is 0.533. The lowest BCUT2D eigenvalue weighted by Gasteiger charge is -2.41. The molecule has 104 valence electrons. The second-order valence-corrected chi connectivity index (χ2v) is 5.50. The number of hydrogen-bond acceptors (Lipinski definition) is 3. The molecule has 2 N–H and O–H groups in total. The Kier molecular flexibility index (Phi) is 4.10. The normalized spacial score (nSPS) is 23.4. The molecular weight excluding hydrogens is 240 g/mol. The first-order valence-corrected chi connectivity index (χ1v) is 6.76. The Morgan fingerprint density at radius 2 is 2.21 bits per heavy atom. The summed E-state index contributed by atoms with van der Waals surface area (Å²) in [6.45, 7) is 7.87. The number of rotatable bonds is 3. The zero-order chi connectivity index (χ0) is 14.0. The van der Waals surface area contributed by atoms with Gasteiger partial charge in [0.2, 0.25) is 0 Å². The lowest BCUT2D eigenvalue weighted by Crippen LogP contribution is -2.56. The Balaban J connectivity index is 2.28. The summed E-state index contributed by atoms with van der Waals surface area (Å²) in [7, 11) is 0. The number of nitrogens with zero attached hydrogens (tertiary/aromatic N) is 1. The molecule has 4 nitrogen and oxygen atoms in total. The van der Waals surface area contributed by atoms with Crippen LogP contribution in [-0.2, 0) is 4.79 Å². The number of piperazine rings is 1. The van der Waals surface area contributed by atoms with E-state index in [1.54, 1.807) is 0 Å². The molecule has 1 aromatic rings. The highest BCUT2D eigenvalue weighted by atomic mass is 16.4. The summed E-state index contributed by atoms with van der Waals surface area (Å²) in [5.74, 6) is -0.740. The second kappa shape index (κ2) is 5.61. The zero-order valence-electron chi connectivity index (χ0n) is 11.8. The lowest BCUT2D eigenvalue weighted by atomic mass is 10.0. The van der Waals surface area contributed by atoms with E-state index >= 15 is 0 Å². The summed E-state index contributed by atoms with van der Waals surface area (Å²) < 4.78 is 0. The third-order valence-corrected chi connectivity index (χ3v) is 3.69. The van der Waals surface area contributed by atoms with E-state index in [1.807, 2.05) is 0 Å². The molecule has 0 amide bonds. The first-order valence-electron chi connectivity index (χ1n) is 6.76. The highest BCUT2D eigenvalue weighted by Gasteiger charge is 2.28. The number of hydrogen-bond donors (Lipinski definition) is 2. The average Bonchev–Trinajstić information content (AvgIpc) is 2.31. The third kappa shape index (κ3) is 3.26. The van der Waals surface area contributed by atoms with Gasteiger partial charge in [-0.3, -0.25) is 4.79 Å². The summed E-state index contributed by atoms with van der Waals surface area (Å²) in [6, 6.07) is 6.76. The summed E-state index contributed by atoms with van der Waals surface area (Å²) >= 11 is 0. The number of nitrogens with one attached hydrogen (secondary N) is 1. The minimum atomic E-state index is -0.740. The van der Waals surface area contributed by atoms with Crippen molar-refractivity contribution in [2.45, 2.75) is 39.3 Å². The van der Waals surface area contributed by atoms with Crippen LogP contribution < -0.4 is 10.2 Å². The quantitative estimate of drug-likeness (QED) is 0.874. The van der Waals surface area contributed by atoms with E-state index in [9.17, 15) is 4.79 Å². The fourth-order valence-corrected chi connectivity index (χ4v) is 2.76. The third-order valence-electron chi connectivity index (χ3n) is 3.69. The van der Waals surface area contributed by atoms with Gasteiger partial charge in [-0.05, 0) is 32.4 Å². The van der Waals surface area contributed by atoms with Gasteiger partial charge in [0, 0.05) is 24.8 Å². The Morgan fingerprint density at radius 3 is 2.84 bits per heavy atom. The molecule has 0 aliphatic carbocycles. The lowest BCUT2D eigenvalue weighted by molar-refractivity contribution is -0.137. The second-order valence-electron chi connectivity index (χ2n) is 5.50. The molecule has 0 spiro atoms. The SMILES string of the molecule is Cc1ccc(N2CC(C)NCC2CC(=O)O)c(C)c1. The summed E-state index contributed by atoms with van der Waals surface area (Å²) in [5, 5.41) is 12.4. The van der Waals surface area contributed by atoms with Crippen LogP contribution in [0.1, 0.15) is 24.5 Å². The Labute approximate surface area is 114 Å². The van der Waals surface area contributed by atoms with Gasteiger partial charge < -0.3 is 15.3 Å². The van der Waals surface area contributed by atoms with Gasteiger partial charge in [-0.2, -0.15) is 0 Å². The Hall–Kier alpha value is -1.55. The molecule has 0 bridgehead atoms. The van der Waals surface area contributed by atoms with Crippen LogP contribution in [0.5, 0.6) is 0 Å². The monoisotopic (exact) mass is 262 g/mol. The van der Waals surface area contributed by atoms with Gasteiger partial charge in [0.05, 0.1) is 12.5 Å². The van der Waals surface area contributed by atoms with Gasteiger partial charge >= 0.3 is 5.97 Å². The standard InChI is InChI=1S/C15H22N2O2/c1-10-4-5-14(11(2)6-10)17-9-12(3)16-8-13(17)7-15(18)19/h4-6,12-13,16H,7-9H2,1-3H3,(H,18,19). The van der Waals surface area contributed by atoms with E-state index in [0.717, 1.165) is 18.8 Å². The molecule has 1 fully saturated rings. The van der Waals surface area contributed by atoms with E-state index in [-0.39, 0.29) is 12.5 Å². The number of carboxylic acids is 1. The number of aliphatic carboxylic acids is 1. The summed E-state index contributed by atoms with van der Waals surface area (Å²) in [6.07, 6.45) is 0.174. The molecule has 1 saturated heterocycles. The summed E-state index contributed by atoms with van der Waals surface area (Å²) in [4.78, 5) is 13.3. The maximum atomic E-state index is 11.0. The predicted molar refractivity (Wildman–Crippen MR) is 76.8 cm³/mol. The van der Waals surface area contributed by atoms with Gasteiger partial charge in [-0.15, -0.1) is 0 Å². The van der Waals surface area contributed by atoms with E-state index in [2.05, 4.69) is 49.2 Å². The molecule has 1 aliphatic heterocycles. The van der Waals surface area contributed by atoms with Crippen LogP contribution >= 0.6 is 0 Å². The van der Waals surface area contributed by atoms with Crippen molar-refractivity contribution in [1.82, 2.24) is 5.32 Å². The number of benzene rings is 1. The highest BCUT2D eigenvalue weighted by molar-refractivity contribution is 5.69. The zero-order valence-corrected chi connectivity index (χ0v) is 11.8. The largest absolute Gasteiger partial charge is 0.481 e. The molecule has 4 heteroatoms. The van der Waals surface area contributed by atoms with E-state index in [4.69, 9.17) is 5.11 Å². The van der Waals surface area contributed by atoms with Crippen molar-refractivity contribution < 1.29 is 9.90 Å². The molecule has 19 heavy (non-hydrogen) atoms. The maximum Gasteiger partial charge on any atom is 0.305 e. The first-order chi connectivity index (χ1) is 8.97. The van der Waals surface area contributed by atoms with Crippen molar-refractivity contribution in [1.29, 1.82) is 0 Å². The Bertz CT molecular complexity index is 473. The minimum Gasteiger partial charge on any atom is -0.481 e. The van der Waals surface area contributed by atoms with E-state index in [1.165, 1.54) is 11.1 Å². The highest BCUT2D eigenvalue weighted by Crippen LogP contribution is 2.26. The van der Waals surface area contributed by atoms with Crippen LogP contribution in [0, 0.1) is 13.8 Å². The van der Waals surface area contributed by atoms with Crippen LogP contribution in [0.15, 0.2) is 18.2 Å². The molecule has 2 unspecified atom stereocenters. The number of aryl methyl sites for hydroxylation is 2. The first kappa shape index (κ1) is 13.9. The fourth-order valence-electron chi connectivity index (χ4n) is 2.76. The maximum absolute atomic E-state index is 11.0. The van der Waals surface area contributed by atoms with Crippen molar-refractivity contribution in [3.63, 3.8) is 0 Å². The van der Waals surface area contributed by atoms with Crippen LogP contribution in [0.3, 0.4) is 0 Å². The molecule has 0 aromatic heterocycles. The number of carboxylic acid groups (broad SMARTS) is 1. The van der Waals surface area contributed by atoms with Crippen LogP contribution in [0.2, 0.25) is 0 Å². The van der Waals surface area contributed by atoms with Crippen molar-refractivity contribution in [3.05, 3.63) is 29.3 Å². The van der Waals surface area contributed by atoms with Gasteiger partial charge in [-0.1, -0.05) is 17.7 Å². The molecule has 2 atom stereocenters. The van der Waals surface area contributed by atoms with Crippen LogP contribution in [0.4, 0.5) is 5.69 Å². The smallest absolute Gasteiger partial charge is 0.305 e. The minimum absolute atomic E-state index is 0.0232. The van der Waals surface area contributed by atoms with Crippen molar-refractivity contribution in [2.24, 2.45) is 0 Å². The van der Waals surface area contributed by atoms with E-state index in [0.29, 0.717) is 6.04 Å². The number of carbonyl (C=O) groups is 1. The molecule has 1 aliphatic rings. The van der Waals surface area contributed by atoms with Crippen molar-refractivity contribution in [2.75, 3.05) is 18.0 Å². The van der Waals surface area contributed by atoms with Gasteiger partial charge in [0.1, 0.15) is 0 Å². The predicted octanol–water partition coefficient (Wildman–Crippen LogP) is 1.94. The topological polar surface area (TPSA) is 52.6 Å².